The lowest BCUT2D eigenvalue weighted by Gasteiger charge is -2.30. The normalized spacial score (nSPS) is 34.5. The minimum atomic E-state index is -1.39. The van der Waals surface area contributed by atoms with E-state index in [1.54, 1.807) is 6.92 Å². The van der Waals surface area contributed by atoms with Crippen LogP contribution in [0.5, 0.6) is 0 Å². The van der Waals surface area contributed by atoms with Crippen molar-refractivity contribution in [2.45, 2.75) is 44.8 Å². The first-order valence-electron chi connectivity index (χ1n) is 8.59. The molecule has 2 fully saturated rings. The van der Waals surface area contributed by atoms with Crippen molar-refractivity contribution in [1.29, 1.82) is 0 Å². The molecule has 0 aromatic heterocycles. The molecular weight excluding hydrogens is 325 g/mol. The zero-order chi connectivity index (χ0) is 18.1. The molecule has 132 valence electrons. The van der Waals surface area contributed by atoms with Gasteiger partial charge in [0.25, 0.3) is 0 Å². The van der Waals surface area contributed by atoms with Crippen LogP contribution in [0.25, 0.3) is 0 Å². The van der Waals surface area contributed by atoms with Gasteiger partial charge in [-0.15, -0.1) is 0 Å². The van der Waals surface area contributed by atoms with Crippen LogP contribution >= 0.6 is 0 Å². The minimum absolute atomic E-state index is 0.230. The Morgan fingerprint density at radius 3 is 2.68 bits per heavy atom. The SMILES string of the molecule is CC[C@H](C)N1C(=O)[C@@H]2[C@H](C)N[C@@]3(C(=O)Nc4ccc(F)cc43)[C@@H]2C1=O. The van der Waals surface area contributed by atoms with Crippen LogP contribution < -0.4 is 10.6 Å². The number of hydrogen-bond donors (Lipinski definition) is 2. The fraction of sp³-hybridized carbons (Fsp3) is 0.500. The predicted molar refractivity (Wildman–Crippen MR) is 87.9 cm³/mol. The molecule has 0 radical (unpaired) electrons. The number of fused-ring (bicyclic) bond motifs is 4. The second-order valence-corrected chi connectivity index (χ2v) is 7.19. The number of amides is 3. The van der Waals surface area contributed by atoms with Crippen LogP contribution in [0.1, 0.15) is 32.8 Å². The Morgan fingerprint density at radius 2 is 2.00 bits per heavy atom. The highest BCUT2D eigenvalue weighted by Crippen LogP contribution is 2.53. The topological polar surface area (TPSA) is 78.5 Å². The number of benzene rings is 1. The molecule has 2 N–H and O–H groups in total. The first kappa shape index (κ1) is 16.2. The number of carbonyl (C=O) groups is 3. The minimum Gasteiger partial charge on any atom is -0.324 e. The van der Waals surface area contributed by atoms with Gasteiger partial charge >= 0.3 is 0 Å². The summed E-state index contributed by atoms with van der Waals surface area (Å²) in [6.45, 7) is 5.52. The highest BCUT2D eigenvalue weighted by molar-refractivity contribution is 6.15. The molecule has 7 heteroatoms. The Morgan fingerprint density at radius 1 is 1.28 bits per heavy atom. The van der Waals surface area contributed by atoms with Crippen molar-refractivity contribution in [2.24, 2.45) is 11.8 Å². The van der Waals surface area contributed by atoms with Crippen LogP contribution in [0.4, 0.5) is 10.1 Å². The molecule has 1 aromatic carbocycles. The molecule has 4 rings (SSSR count). The van der Waals surface area contributed by atoms with Gasteiger partial charge in [0.1, 0.15) is 11.4 Å². The molecule has 0 bridgehead atoms. The van der Waals surface area contributed by atoms with E-state index in [0.717, 1.165) is 0 Å². The molecule has 3 aliphatic heterocycles. The molecule has 5 atom stereocenters. The number of rotatable bonds is 2. The summed E-state index contributed by atoms with van der Waals surface area (Å²) in [6.07, 6.45) is 0.642. The van der Waals surface area contributed by atoms with Crippen molar-refractivity contribution < 1.29 is 18.8 Å². The summed E-state index contributed by atoms with van der Waals surface area (Å²) < 4.78 is 13.9. The average Bonchev–Trinajstić information content (AvgIpc) is 3.12. The van der Waals surface area contributed by atoms with Crippen molar-refractivity contribution >= 4 is 23.4 Å². The van der Waals surface area contributed by atoms with E-state index in [9.17, 15) is 18.8 Å². The predicted octanol–water partition coefficient (Wildman–Crippen LogP) is 1.36. The molecule has 2 saturated heterocycles. The highest BCUT2D eigenvalue weighted by Gasteiger charge is 2.70. The zero-order valence-corrected chi connectivity index (χ0v) is 14.3. The number of anilines is 1. The summed E-state index contributed by atoms with van der Waals surface area (Å²) in [4.78, 5) is 40.2. The summed E-state index contributed by atoms with van der Waals surface area (Å²) in [5.74, 6) is -2.97. The first-order chi connectivity index (χ1) is 11.8. The number of nitrogens with one attached hydrogen (secondary N) is 2. The third-order valence-corrected chi connectivity index (χ3v) is 5.89. The Bertz CT molecular complexity index is 811. The van der Waals surface area contributed by atoms with Gasteiger partial charge in [0.2, 0.25) is 17.7 Å². The number of hydrogen-bond acceptors (Lipinski definition) is 4. The Kier molecular flexibility index (Phi) is 3.31. The van der Waals surface area contributed by atoms with Crippen molar-refractivity contribution in [2.75, 3.05) is 5.32 Å². The Labute approximate surface area is 144 Å². The molecule has 6 nitrogen and oxygen atoms in total. The van der Waals surface area contributed by atoms with Crippen LogP contribution in [0.2, 0.25) is 0 Å². The monoisotopic (exact) mass is 345 g/mol. The second-order valence-electron chi connectivity index (χ2n) is 7.19. The van der Waals surface area contributed by atoms with Gasteiger partial charge in [-0.1, -0.05) is 6.92 Å². The third kappa shape index (κ3) is 1.84. The Balaban J connectivity index is 1.89. The maximum absolute atomic E-state index is 13.9. The van der Waals surface area contributed by atoms with Crippen molar-refractivity contribution in [3.05, 3.63) is 29.6 Å². The molecule has 3 heterocycles. The van der Waals surface area contributed by atoms with E-state index in [-0.39, 0.29) is 23.9 Å². The lowest BCUT2D eigenvalue weighted by atomic mass is 9.76. The van der Waals surface area contributed by atoms with Gasteiger partial charge in [-0.3, -0.25) is 24.6 Å². The van der Waals surface area contributed by atoms with Crippen LogP contribution in [0.15, 0.2) is 18.2 Å². The maximum Gasteiger partial charge on any atom is 0.250 e. The van der Waals surface area contributed by atoms with E-state index in [2.05, 4.69) is 10.6 Å². The quantitative estimate of drug-likeness (QED) is 0.794. The lowest BCUT2D eigenvalue weighted by Crippen LogP contribution is -2.53. The molecule has 3 amide bonds. The van der Waals surface area contributed by atoms with E-state index in [4.69, 9.17) is 0 Å². The summed E-state index contributed by atoms with van der Waals surface area (Å²) in [5, 5.41) is 5.89. The van der Waals surface area contributed by atoms with Gasteiger partial charge in [-0.25, -0.2) is 4.39 Å². The van der Waals surface area contributed by atoms with E-state index >= 15 is 0 Å². The van der Waals surface area contributed by atoms with Gasteiger partial charge in [0.15, 0.2) is 0 Å². The molecule has 1 aromatic rings. The number of imide groups is 1. The number of halogens is 1. The van der Waals surface area contributed by atoms with E-state index < -0.39 is 29.1 Å². The highest BCUT2D eigenvalue weighted by atomic mass is 19.1. The number of likely N-dealkylation sites (tertiary alicyclic amines) is 1. The van der Waals surface area contributed by atoms with Crippen molar-refractivity contribution in [3.8, 4) is 0 Å². The fourth-order valence-electron chi connectivity index (χ4n) is 4.58. The zero-order valence-electron chi connectivity index (χ0n) is 14.3. The summed E-state index contributed by atoms with van der Waals surface area (Å²) in [7, 11) is 0. The van der Waals surface area contributed by atoms with E-state index in [0.29, 0.717) is 17.7 Å². The van der Waals surface area contributed by atoms with Crippen molar-refractivity contribution in [3.63, 3.8) is 0 Å². The van der Waals surface area contributed by atoms with Crippen molar-refractivity contribution in [1.82, 2.24) is 10.2 Å². The van der Waals surface area contributed by atoms with Crippen LogP contribution in [0.3, 0.4) is 0 Å². The largest absolute Gasteiger partial charge is 0.324 e. The molecule has 25 heavy (non-hydrogen) atoms. The summed E-state index contributed by atoms with van der Waals surface area (Å²) >= 11 is 0. The lowest BCUT2D eigenvalue weighted by molar-refractivity contribution is -0.145. The molecule has 1 spiro atoms. The average molecular weight is 345 g/mol. The van der Waals surface area contributed by atoms with E-state index in [1.165, 1.54) is 23.1 Å². The maximum atomic E-state index is 13.9. The smallest absolute Gasteiger partial charge is 0.250 e. The summed E-state index contributed by atoms with van der Waals surface area (Å²) in [6, 6.07) is 3.44. The number of carbonyl (C=O) groups excluding carboxylic acids is 3. The molecule has 0 saturated carbocycles. The van der Waals surface area contributed by atoms with Gasteiger partial charge in [0, 0.05) is 23.3 Å². The first-order valence-corrected chi connectivity index (χ1v) is 8.59. The second kappa shape index (κ2) is 5.11. The Hall–Kier alpha value is -2.28. The van der Waals surface area contributed by atoms with E-state index in [1.807, 2.05) is 13.8 Å². The summed E-state index contributed by atoms with van der Waals surface area (Å²) in [5.41, 5.74) is -0.505. The van der Waals surface area contributed by atoms with Crippen LogP contribution in [-0.2, 0) is 19.9 Å². The van der Waals surface area contributed by atoms with Crippen LogP contribution in [-0.4, -0.2) is 34.7 Å². The molecule has 0 aliphatic carbocycles. The molecule has 0 unspecified atom stereocenters. The van der Waals surface area contributed by atoms with Gasteiger partial charge < -0.3 is 5.32 Å². The number of nitrogens with zero attached hydrogens (tertiary/aromatic N) is 1. The van der Waals surface area contributed by atoms with Gasteiger partial charge in [0.05, 0.1) is 11.8 Å². The standard InChI is InChI=1S/C18H20FN3O3/c1-4-8(2)22-15(23)13-9(3)21-18(14(13)16(22)24)11-7-10(19)5-6-12(11)20-17(18)25/h5-9,13-14,21H,4H2,1-3H3,(H,20,25)/t8-,9-,13+,14-,18+/m0/s1. The van der Waals surface area contributed by atoms with Crippen LogP contribution in [0, 0.1) is 17.7 Å². The molecular formula is C18H20FN3O3. The van der Waals surface area contributed by atoms with Gasteiger partial charge in [-0.05, 0) is 38.5 Å². The third-order valence-electron chi connectivity index (χ3n) is 5.89. The van der Waals surface area contributed by atoms with Gasteiger partial charge in [-0.2, -0.15) is 0 Å². The molecule has 3 aliphatic rings. The fourth-order valence-corrected chi connectivity index (χ4v) is 4.58.